The number of nitrogens with zero attached hydrogens (tertiary/aromatic N) is 2. The van der Waals surface area contributed by atoms with Gasteiger partial charge in [-0.15, -0.1) is 0 Å². The van der Waals surface area contributed by atoms with E-state index in [-0.39, 0.29) is 38.5 Å². The molecule has 0 aromatic rings. The standard InChI is InChI=1S/C31H56N4O9/c1-24(2)14-8-5-9-15-28(38)34(43)20-12-6-10-18-32-26(36)22-31(42,30(40)41)23-27(37)33-19-11-7-13-21-35(44)29(39)17-16-25(3)4/h9,15,24-25,42-44H,5-8,10-14,16-23H2,1-4H3,(H,32,36)(H,33,37)(H,40,41)/b15-9+. The Morgan fingerprint density at radius 2 is 1.23 bits per heavy atom. The number of carboxylic acid groups (broad SMARTS) is 1. The van der Waals surface area contributed by atoms with Gasteiger partial charge in [0, 0.05) is 38.7 Å². The third-order valence-corrected chi connectivity index (χ3v) is 6.93. The van der Waals surface area contributed by atoms with Crippen molar-refractivity contribution in [2.24, 2.45) is 11.8 Å². The zero-order valence-electron chi connectivity index (χ0n) is 27.1. The van der Waals surface area contributed by atoms with Crippen LogP contribution in [-0.4, -0.2) is 92.1 Å². The molecule has 0 spiro atoms. The van der Waals surface area contributed by atoms with Crippen molar-refractivity contribution in [3.8, 4) is 0 Å². The van der Waals surface area contributed by atoms with E-state index in [1.807, 2.05) is 13.8 Å². The molecule has 0 bridgehead atoms. The van der Waals surface area contributed by atoms with Gasteiger partial charge >= 0.3 is 5.97 Å². The molecule has 0 aliphatic rings. The lowest BCUT2D eigenvalue weighted by Gasteiger charge is -2.22. The molecule has 13 nitrogen and oxygen atoms in total. The molecule has 1 atom stereocenters. The molecule has 0 rings (SSSR count). The SMILES string of the molecule is CC(C)CCC/C=C/C(=O)N(O)CCCCCNC(=O)CC(O)(CC(=O)NCCCCCN(O)C(=O)CCC(C)C)C(=O)O. The van der Waals surface area contributed by atoms with Gasteiger partial charge in [-0.05, 0) is 69.6 Å². The Bertz CT molecular complexity index is 911. The predicted octanol–water partition coefficient (Wildman–Crippen LogP) is 3.41. The van der Waals surface area contributed by atoms with Crippen LogP contribution in [0.1, 0.15) is 111 Å². The predicted molar refractivity (Wildman–Crippen MR) is 164 cm³/mol. The summed E-state index contributed by atoms with van der Waals surface area (Å²) in [5.41, 5.74) is -2.57. The van der Waals surface area contributed by atoms with Crippen LogP contribution in [0.5, 0.6) is 0 Å². The van der Waals surface area contributed by atoms with Gasteiger partial charge in [0.1, 0.15) is 0 Å². The highest BCUT2D eigenvalue weighted by Crippen LogP contribution is 2.16. The Morgan fingerprint density at radius 1 is 0.727 bits per heavy atom. The lowest BCUT2D eigenvalue weighted by atomic mass is 9.94. The quantitative estimate of drug-likeness (QED) is 0.0380. The number of carbonyl (C=O) groups is 5. The first-order valence-corrected chi connectivity index (χ1v) is 15.8. The van der Waals surface area contributed by atoms with Crippen LogP contribution in [0.25, 0.3) is 0 Å². The van der Waals surface area contributed by atoms with Gasteiger partial charge in [-0.2, -0.15) is 0 Å². The zero-order chi connectivity index (χ0) is 33.5. The van der Waals surface area contributed by atoms with Gasteiger partial charge in [0.05, 0.1) is 12.8 Å². The second-order valence-electron chi connectivity index (χ2n) is 12.1. The maximum atomic E-state index is 12.3. The smallest absolute Gasteiger partial charge is 0.336 e. The minimum atomic E-state index is -2.57. The van der Waals surface area contributed by atoms with E-state index in [0.717, 1.165) is 19.3 Å². The fourth-order valence-electron chi connectivity index (χ4n) is 4.14. The molecule has 6 N–H and O–H groups in total. The van der Waals surface area contributed by atoms with Gasteiger partial charge < -0.3 is 20.8 Å². The molecule has 4 amide bonds. The maximum Gasteiger partial charge on any atom is 0.336 e. The molecule has 0 radical (unpaired) electrons. The molecule has 44 heavy (non-hydrogen) atoms. The monoisotopic (exact) mass is 628 g/mol. The average molecular weight is 629 g/mol. The van der Waals surface area contributed by atoms with E-state index >= 15 is 0 Å². The summed E-state index contributed by atoms with van der Waals surface area (Å²) in [6, 6.07) is 0. The van der Waals surface area contributed by atoms with Crippen molar-refractivity contribution in [3.05, 3.63) is 12.2 Å². The number of hydrogen-bond acceptors (Lipinski definition) is 8. The van der Waals surface area contributed by atoms with Crippen molar-refractivity contribution in [2.75, 3.05) is 26.2 Å². The summed E-state index contributed by atoms with van der Waals surface area (Å²) >= 11 is 0. The van der Waals surface area contributed by atoms with Crippen LogP contribution in [0.3, 0.4) is 0 Å². The third-order valence-electron chi connectivity index (χ3n) is 6.93. The second-order valence-corrected chi connectivity index (χ2v) is 12.1. The van der Waals surface area contributed by atoms with Gasteiger partial charge in [0.25, 0.3) is 5.91 Å². The van der Waals surface area contributed by atoms with Crippen LogP contribution < -0.4 is 10.6 Å². The fourth-order valence-corrected chi connectivity index (χ4v) is 4.14. The van der Waals surface area contributed by atoms with Crippen molar-refractivity contribution in [1.82, 2.24) is 20.8 Å². The molecule has 0 aromatic carbocycles. The number of allylic oxidation sites excluding steroid dienone is 1. The number of aliphatic carboxylic acids is 1. The summed E-state index contributed by atoms with van der Waals surface area (Å²) < 4.78 is 0. The number of hydrogen-bond donors (Lipinski definition) is 6. The minimum Gasteiger partial charge on any atom is -0.479 e. The van der Waals surface area contributed by atoms with Gasteiger partial charge in [-0.25, -0.2) is 14.9 Å². The first kappa shape index (κ1) is 41.0. The largest absolute Gasteiger partial charge is 0.479 e. The molecule has 0 fully saturated rings. The normalized spacial score (nSPS) is 12.8. The Balaban J connectivity index is 4.21. The molecule has 0 saturated heterocycles. The summed E-state index contributed by atoms with van der Waals surface area (Å²) in [6.07, 6.45) is 8.52. The van der Waals surface area contributed by atoms with Gasteiger partial charge in [-0.1, -0.05) is 40.2 Å². The minimum absolute atomic E-state index is 0.134. The number of hydroxylamine groups is 4. The third kappa shape index (κ3) is 20.8. The maximum absolute atomic E-state index is 12.3. The fraction of sp³-hybridized carbons (Fsp3) is 0.774. The number of aliphatic hydroxyl groups is 1. The first-order chi connectivity index (χ1) is 20.7. The molecule has 1 unspecified atom stereocenters. The van der Waals surface area contributed by atoms with Crippen molar-refractivity contribution in [3.63, 3.8) is 0 Å². The highest BCUT2D eigenvalue weighted by Gasteiger charge is 2.40. The molecule has 0 aliphatic carbocycles. The van der Waals surface area contributed by atoms with E-state index in [4.69, 9.17) is 0 Å². The van der Waals surface area contributed by atoms with E-state index in [1.165, 1.54) is 6.08 Å². The number of carbonyl (C=O) groups excluding carboxylic acids is 4. The van der Waals surface area contributed by atoms with Gasteiger partial charge in [0.15, 0.2) is 5.60 Å². The molecule has 0 saturated carbocycles. The van der Waals surface area contributed by atoms with Crippen molar-refractivity contribution < 1.29 is 44.6 Å². The molecular formula is C31H56N4O9. The lowest BCUT2D eigenvalue weighted by molar-refractivity contribution is -0.165. The van der Waals surface area contributed by atoms with Crippen LogP contribution in [0, 0.1) is 11.8 Å². The van der Waals surface area contributed by atoms with Crippen LogP contribution in [0.2, 0.25) is 0 Å². The summed E-state index contributed by atoms with van der Waals surface area (Å²) in [5, 5.41) is 46.0. The summed E-state index contributed by atoms with van der Waals surface area (Å²) in [6.45, 7) is 8.97. The van der Waals surface area contributed by atoms with Crippen LogP contribution in [-0.2, 0) is 24.0 Å². The summed E-state index contributed by atoms with van der Waals surface area (Å²) in [7, 11) is 0. The van der Waals surface area contributed by atoms with E-state index in [1.54, 1.807) is 6.08 Å². The highest BCUT2D eigenvalue weighted by atomic mass is 16.5. The van der Waals surface area contributed by atoms with E-state index in [2.05, 4.69) is 24.5 Å². The molecular weight excluding hydrogens is 572 g/mol. The van der Waals surface area contributed by atoms with E-state index in [0.29, 0.717) is 66.9 Å². The Kier molecular flexibility index (Phi) is 21.8. The molecule has 0 aliphatic heterocycles. The second kappa shape index (κ2) is 23.4. The number of unbranched alkanes of at least 4 members (excludes halogenated alkanes) is 5. The Hall–Kier alpha value is -3.03. The first-order valence-electron chi connectivity index (χ1n) is 15.8. The Morgan fingerprint density at radius 3 is 1.70 bits per heavy atom. The number of amides is 4. The van der Waals surface area contributed by atoms with Crippen molar-refractivity contribution >= 4 is 29.6 Å². The van der Waals surface area contributed by atoms with E-state index in [9.17, 15) is 44.6 Å². The van der Waals surface area contributed by atoms with Crippen molar-refractivity contribution in [2.45, 2.75) is 117 Å². The molecule has 13 heteroatoms. The topological polar surface area (TPSA) is 197 Å². The van der Waals surface area contributed by atoms with Gasteiger partial charge in [0.2, 0.25) is 17.7 Å². The highest BCUT2D eigenvalue weighted by molar-refractivity contribution is 5.91. The van der Waals surface area contributed by atoms with Crippen LogP contribution in [0.15, 0.2) is 12.2 Å². The number of nitrogens with one attached hydrogen (secondary N) is 2. The number of rotatable bonds is 25. The number of carboxylic acids is 1. The van der Waals surface area contributed by atoms with E-state index < -0.39 is 42.1 Å². The average Bonchev–Trinajstić information content (AvgIpc) is 2.94. The summed E-state index contributed by atoms with van der Waals surface area (Å²) in [5.74, 6) is -2.98. The molecule has 254 valence electrons. The molecule has 0 aromatic heterocycles. The van der Waals surface area contributed by atoms with Crippen molar-refractivity contribution in [1.29, 1.82) is 0 Å². The Labute approximate surface area is 262 Å². The lowest BCUT2D eigenvalue weighted by Crippen LogP contribution is -2.47. The van der Waals surface area contributed by atoms with Crippen LogP contribution in [0.4, 0.5) is 0 Å². The van der Waals surface area contributed by atoms with Gasteiger partial charge in [-0.3, -0.25) is 29.6 Å². The zero-order valence-corrected chi connectivity index (χ0v) is 27.1. The summed E-state index contributed by atoms with van der Waals surface area (Å²) in [4.78, 5) is 59.9. The van der Waals surface area contributed by atoms with Crippen LogP contribution >= 0.6 is 0 Å². The molecule has 0 heterocycles.